The fourth-order valence-electron chi connectivity index (χ4n) is 2.17. The van der Waals surface area contributed by atoms with Gasteiger partial charge in [-0.2, -0.15) is 9.97 Å². The molecule has 0 aromatic carbocycles. The highest BCUT2D eigenvalue weighted by molar-refractivity contribution is 5.55. The minimum Gasteiger partial charge on any atom is -0.476 e. The van der Waals surface area contributed by atoms with Gasteiger partial charge in [-0.1, -0.05) is 12.8 Å². The lowest BCUT2D eigenvalue weighted by Crippen LogP contribution is -2.13. The normalized spacial score (nSPS) is 16.2. The van der Waals surface area contributed by atoms with Crippen LogP contribution in [0.5, 0.6) is 11.8 Å². The van der Waals surface area contributed by atoms with Gasteiger partial charge in [0.15, 0.2) is 5.69 Å². The van der Waals surface area contributed by atoms with Gasteiger partial charge in [0.1, 0.15) is 6.33 Å². The van der Waals surface area contributed by atoms with Crippen LogP contribution in [0.4, 0.5) is 5.69 Å². The van der Waals surface area contributed by atoms with Gasteiger partial charge in [-0.3, -0.25) is 0 Å². The summed E-state index contributed by atoms with van der Waals surface area (Å²) in [6.45, 7) is 4.55. The van der Waals surface area contributed by atoms with Crippen molar-refractivity contribution in [1.29, 1.82) is 0 Å². The second-order valence-corrected chi connectivity index (χ2v) is 5.03. The number of aromatic nitrogens is 2. The molecule has 1 aliphatic rings. The highest BCUT2D eigenvalue weighted by Crippen LogP contribution is 2.30. The molecule has 0 radical (unpaired) electrons. The molecule has 1 saturated carbocycles. The highest BCUT2D eigenvalue weighted by atomic mass is 16.5. The van der Waals surface area contributed by atoms with Crippen molar-refractivity contribution in [1.82, 2.24) is 9.97 Å². The first-order valence-corrected chi connectivity index (χ1v) is 6.56. The van der Waals surface area contributed by atoms with Gasteiger partial charge in [0.2, 0.25) is 11.8 Å². The summed E-state index contributed by atoms with van der Waals surface area (Å²) in [7, 11) is 0. The van der Waals surface area contributed by atoms with Crippen LogP contribution in [-0.2, 0) is 0 Å². The Morgan fingerprint density at radius 1 is 1.28 bits per heavy atom. The average Bonchev–Trinajstić information content (AvgIpc) is 2.83. The van der Waals surface area contributed by atoms with Crippen LogP contribution in [0.1, 0.15) is 39.5 Å². The Morgan fingerprint density at radius 2 is 1.94 bits per heavy atom. The fourth-order valence-corrected chi connectivity index (χ4v) is 2.17. The van der Waals surface area contributed by atoms with Crippen molar-refractivity contribution in [3.05, 3.63) is 6.33 Å². The van der Waals surface area contributed by atoms with Gasteiger partial charge in [-0.25, -0.2) is 0 Å². The van der Waals surface area contributed by atoms with Crippen molar-refractivity contribution in [2.45, 2.75) is 45.6 Å². The molecule has 0 spiro atoms. The van der Waals surface area contributed by atoms with Gasteiger partial charge in [-0.05, 0) is 32.6 Å². The first-order chi connectivity index (χ1) is 8.66. The van der Waals surface area contributed by atoms with Crippen LogP contribution >= 0.6 is 0 Å². The summed E-state index contributed by atoms with van der Waals surface area (Å²) in [5.74, 6) is 1.47. The molecule has 0 bridgehead atoms. The van der Waals surface area contributed by atoms with E-state index < -0.39 is 0 Å². The van der Waals surface area contributed by atoms with Crippen molar-refractivity contribution in [2.24, 2.45) is 5.92 Å². The van der Waals surface area contributed by atoms with E-state index in [4.69, 9.17) is 15.2 Å². The maximum atomic E-state index is 5.94. The molecule has 1 fully saturated rings. The number of hydrogen-bond acceptors (Lipinski definition) is 5. The number of hydrogen-bond donors (Lipinski definition) is 1. The molecule has 100 valence electrons. The van der Waals surface area contributed by atoms with Crippen LogP contribution in [-0.4, -0.2) is 22.7 Å². The molecule has 18 heavy (non-hydrogen) atoms. The predicted octanol–water partition coefficient (Wildman–Crippen LogP) is 2.42. The molecule has 1 aromatic heterocycles. The third-order valence-electron chi connectivity index (χ3n) is 3.09. The smallest absolute Gasteiger partial charge is 0.244 e. The van der Waals surface area contributed by atoms with Crippen LogP contribution in [0.2, 0.25) is 0 Å². The lowest BCUT2D eigenvalue weighted by atomic mass is 10.1. The lowest BCUT2D eigenvalue weighted by Gasteiger charge is -2.14. The van der Waals surface area contributed by atoms with E-state index in [9.17, 15) is 0 Å². The highest BCUT2D eigenvalue weighted by Gasteiger charge is 2.18. The zero-order chi connectivity index (χ0) is 13.0. The summed E-state index contributed by atoms with van der Waals surface area (Å²) < 4.78 is 11.2. The molecule has 5 heteroatoms. The molecule has 0 saturated heterocycles. The molecular weight excluding hydrogens is 230 g/mol. The average molecular weight is 251 g/mol. The van der Waals surface area contributed by atoms with Gasteiger partial charge in [0.25, 0.3) is 0 Å². The van der Waals surface area contributed by atoms with E-state index in [2.05, 4.69) is 9.97 Å². The minimum atomic E-state index is 0.0323. The van der Waals surface area contributed by atoms with E-state index in [1.165, 1.54) is 32.0 Å². The van der Waals surface area contributed by atoms with E-state index >= 15 is 0 Å². The Kier molecular flexibility index (Phi) is 4.23. The first-order valence-electron chi connectivity index (χ1n) is 6.56. The van der Waals surface area contributed by atoms with E-state index in [-0.39, 0.29) is 6.10 Å². The summed E-state index contributed by atoms with van der Waals surface area (Å²) in [5.41, 5.74) is 6.33. The largest absolute Gasteiger partial charge is 0.476 e. The second kappa shape index (κ2) is 5.89. The Labute approximate surface area is 108 Å². The van der Waals surface area contributed by atoms with E-state index in [1.807, 2.05) is 13.8 Å². The Bertz CT molecular complexity index is 390. The van der Waals surface area contributed by atoms with Crippen LogP contribution in [0.15, 0.2) is 6.33 Å². The standard InChI is InChI=1S/C13H21N3O2/c1-9(2)18-13-11(14)12(15-8-16-13)17-7-10-5-3-4-6-10/h8-10H,3-7,14H2,1-2H3. The third-order valence-corrected chi connectivity index (χ3v) is 3.09. The van der Waals surface area contributed by atoms with Gasteiger partial charge in [0, 0.05) is 0 Å². The number of rotatable bonds is 5. The minimum absolute atomic E-state index is 0.0323. The quantitative estimate of drug-likeness (QED) is 0.870. The molecule has 5 nitrogen and oxygen atoms in total. The molecule has 0 amide bonds. The van der Waals surface area contributed by atoms with Crippen LogP contribution in [0, 0.1) is 5.92 Å². The van der Waals surface area contributed by atoms with Gasteiger partial charge < -0.3 is 15.2 Å². The number of anilines is 1. The SMILES string of the molecule is CC(C)Oc1ncnc(OCC2CCCC2)c1N. The summed E-state index contributed by atoms with van der Waals surface area (Å²) in [4.78, 5) is 8.09. The van der Waals surface area contributed by atoms with E-state index in [1.54, 1.807) is 0 Å². The molecule has 0 aliphatic heterocycles. The van der Waals surface area contributed by atoms with Crippen LogP contribution < -0.4 is 15.2 Å². The van der Waals surface area contributed by atoms with Gasteiger partial charge >= 0.3 is 0 Å². The summed E-state index contributed by atoms with van der Waals surface area (Å²) in [6, 6.07) is 0. The molecule has 2 rings (SSSR count). The van der Waals surface area contributed by atoms with Crippen molar-refractivity contribution in [2.75, 3.05) is 12.3 Å². The number of nitrogens with two attached hydrogens (primary N) is 1. The van der Waals surface area contributed by atoms with Crippen molar-refractivity contribution >= 4 is 5.69 Å². The van der Waals surface area contributed by atoms with Crippen LogP contribution in [0.3, 0.4) is 0 Å². The lowest BCUT2D eigenvalue weighted by molar-refractivity contribution is 0.224. The third kappa shape index (κ3) is 3.24. The molecule has 0 unspecified atom stereocenters. The molecule has 1 heterocycles. The number of nitrogens with zero attached hydrogens (tertiary/aromatic N) is 2. The molecule has 1 aromatic rings. The summed E-state index contributed by atoms with van der Waals surface area (Å²) in [5, 5.41) is 0. The molecule has 2 N–H and O–H groups in total. The van der Waals surface area contributed by atoms with Crippen molar-refractivity contribution < 1.29 is 9.47 Å². The summed E-state index contributed by atoms with van der Waals surface area (Å²) in [6.07, 6.45) is 6.53. The van der Waals surface area contributed by atoms with E-state index in [0.717, 1.165) is 0 Å². The number of ether oxygens (including phenoxy) is 2. The van der Waals surface area contributed by atoms with E-state index in [0.29, 0.717) is 30.0 Å². The van der Waals surface area contributed by atoms with Crippen molar-refractivity contribution in [3.63, 3.8) is 0 Å². The Balaban J connectivity index is 1.98. The maximum Gasteiger partial charge on any atom is 0.244 e. The zero-order valence-electron chi connectivity index (χ0n) is 11.1. The Hall–Kier alpha value is -1.52. The molecule has 1 aliphatic carbocycles. The monoisotopic (exact) mass is 251 g/mol. The van der Waals surface area contributed by atoms with Gasteiger partial charge in [-0.15, -0.1) is 0 Å². The molecular formula is C13H21N3O2. The predicted molar refractivity (Wildman–Crippen MR) is 69.7 cm³/mol. The first kappa shape index (κ1) is 12.9. The van der Waals surface area contributed by atoms with Crippen molar-refractivity contribution in [3.8, 4) is 11.8 Å². The summed E-state index contributed by atoms with van der Waals surface area (Å²) >= 11 is 0. The Morgan fingerprint density at radius 3 is 2.61 bits per heavy atom. The second-order valence-electron chi connectivity index (χ2n) is 5.03. The maximum absolute atomic E-state index is 5.94. The fraction of sp³-hybridized carbons (Fsp3) is 0.692. The molecule has 0 atom stereocenters. The zero-order valence-corrected chi connectivity index (χ0v) is 11.1. The topological polar surface area (TPSA) is 70.3 Å². The van der Waals surface area contributed by atoms with Gasteiger partial charge in [0.05, 0.1) is 12.7 Å². The van der Waals surface area contributed by atoms with Crippen LogP contribution in [0.25, 0.3) is 0 Å². The number of nitrogen functional groups attached to an aromatic ring is 1.